The van der Waals surface area contributed by atoms with Gasteiger partial charge in [-0.2, -0.15) is 0 Å². The minimum Gasteiger partial charge on any atom is -0.506 e. The summed E-state index contributed by atoms with van der Waals surface area (Å²) in [5.41, 5.74) is 1.16. The van der Waals surface area contributed by atoms with Gasteiger partial charge in [-0.3, -0.25) is 14.7 Å². The third kappa shape index (κ3) is 7.51. The van der Waals surface area contributed by atoms with E-state index in [1.54, 1.807) is 12.1 Å². The van der Waals surface area contributed by atoms with Gasteiger partial charge in [-0.25, -0.2) is 13.1 Å². The molecule has 1 saturated heterocycles. The molecule has 0 atom stereocenters. The maximum absolute atomic E-state index is 13.1. The van der Waals surface area contributed by atoms with Crippen molar-refractivity contribution >= 4 is 21.7 Å². The van der Waals surface area contributed by atoms with Crippen LogP contribution in [0.5, 0.6) is 11.5 Å². The maximum Gasteiger partial charge on any atom is 0.573 e. The van der Waals surface area contributed by atoms with Gasteiger partial charge >= 0.3 is 6.36 Å². The van der Waals surface area contributed by atoms with E-state index in [0.717, 1.165) is 19.3 Å². The van der Waals surface area contributed by atoms with Crippen LogP contribution < -0.4 is 14.4 Å². The molecule has 4 saturated carbocycles. The molecule has 0 spiro atoms. The predicted octanol–water partition coefficient (Wildman–Crippen LogP) is 4.74. The first-order chi connectivity index (χ1) is 22.8. The van der Waals surface area contributed by atoms with Gasteiger partial charge in [-0.15, -0.1) is 23.4 Å². The van der Waals surface area contributed by atoms with Crippen LogP contribution in [0.15, 0.2) is 48.8 Å². The zero-order valence-corrected chi connectivity index (χ0v) is 27.0. The van der Waals surface area contributed by atoms with Crippen LogP contribution in [0.3, 0.4) is 0 Å². The standard InChI is InChI=1S/C33H37F3N6O5S/c34-33(35,36)47-28-11-24(10-25(13-28)26-12-27(43)18-37-17-26)19-41-3-5-42(6-4-41)30-2-1-29(38-39-30)31(44)40-48(45,46)20-32-14-21-7-22(15-32)9-23(8-21)16-32/h1-2,10-13,17-18,21-23,43H,3-9,14-16,19-20H2,(H,40,44). The molecule has 2 N–H and O–H groups in total. The number of hydrogen-bond donors (Lipinski definition) is 2. The zero-order valence-electron chi connectivity index (χ0n) is 26.2. The van der Waals surface area contributed by atoms with Gasteiger partial charge in [0.1, 0.15) is 11.5 Å². The SMILES string of the molecule is O=C(NS(=O)(=O)CC12CC3CC(CC(C3)C1)C2)c1ccc(N2CCN(Cc3cc(OC(F)(F)F)cc(-c4cncc(O)c4)c3)CC2)nn1. The largest absolute Gasteiger partial charge is 0.573 e. The van der Waals surface area contributed by atoms with Crippen molar-refractivity contribution in [2.45, 2.75) is 51.4 Å². The highest BCUT2D eigenvalue weighted by Crippen LogP contribution is 2.60. The first kappa shape index (κ1) is 32.6. The molecule has 1 amide bonds. The minimum absolute atomic E-state index is 0.0287. The molecular weight excluding hydrogens is 649 g/mol. The number of amides is 1. The minimum atomic E-state index is -4.86. The summed E-state index contributed by atoms with van der Waals surface area (Å²) >= 11 is 0. The van der Waals surface area contributed by atoms with Crippen LogP contribution in [-0.4, -0.2) is 77.8 Å². The number of carbonyl (C=O) groups excluding carboxylic acids is 1. The Bertz CT molecular complexity index is 1750. The number of nitrogens with one attached hydrogen (secondary N) is 1. The Morgan fingerprint density at radius 1 is 0.938 bits per heavy atom. The number of halogens is 3. The molecule has 0 radical (unpaired) electrons. The van der Waals surface area contributed by atoms with Crippen LogP contribution in [0.1, 0.15) is 54.6 Å². The summed E-state index contributed by atoms with van der Waals surface area (Å²) in [6, 6.07) is 8.86. The second kappa shape index (κ2) is 12.5. The van der Waals surface area contributed by atoms with Gasteiger partial charge in [0.2, 0.25) is 10.0 Å². The van der Waals surface area contributed by atoms with E-state index in [9.17, 15) is 31.5 Å². The second-order valence-corrected chi connectivity index (χ2v) is 15.7. The summed E-state index contributed by atoms with van der Waals surface area (Å²) in [7, 11) is -3.85. The van der Waals surface area contributed by atoms with Crippen molar-refractivity contribution in [2.24, 2.45) is 23.2 Å². The van der Waals surface area contributed by atoms with Gasteiger partial charge in [-0.1, -0.05) is 0 Å². The van der Waals surface area contributed by atoms with E-state index in [1.165, 1.54) is 55.9 Å². The number of benzene rings is 1. The van der Waals surface area contributed by atoms with Crippen molar-refractivity contribution in [3.05, 3.63) is 60.0 Å². The predicted molar refractivity (Wildman–Crippen MR) is 169 cm³/mol. The van der Waals surface area contributed by atoms with Crippen LogP contribution in [0.2, 0.25) is 0 Å². The summed E-state index contributed by atoms with van der Waals surface area (Å²) in [5, 5.41) is 18.0. The number of alkyl halides is 3. The van der Waals surface area contributed by atoms with E-state index in [-0.39, 0.29) is 28.4 Å². The molecule has 256 valence electrons. The van der Waals surface area contributed by atoms with Crippen LogP contribution in [0.25, 0.3) is 11.1 Å². The number of sulfonamides is 1. The van der Waals surface area contributed by atoms with E-state index in [4.69, 9.17) is 0 Å². The zero-order chi connectivity index (χ0) is 33.7. The highest BCUT2D eigenvalue weighted by molar-refractivity contribution is 7.90. The third-order valence-corrected chi connectivity index (χ3v) is 11.6. The first-order valence-corrected chi connectivity index (χ1v) is 17.8. The molecule has 3 aromatic rings. The van der Waals surface area contributed by atoms with Gasteiger partial charge in [0.05, 0.1) is 11.9 Å². The number of aromatic nitrogens is 3. The fourth-order valence-corrected chi connectivity index (χ4v) is 10.4. The highest BCUT2D eigenvalue weighted by Gasteiger charge is 2.52. The van der Waals surface area contributed by atoms with Crippen molar-refractivity contribution < 1.29 is 36.2 Å². The lowest BCUT2D eigenvalue weighted by Gasteiger charge is -2.56. The van der Waals surface area contributed by atoms with E-state index in [1.807, 2.05) is 4.90 Å². The Balaban J connectivity index is 0.951. The lowest BCUT2D eigenvalue weighted by molar-refractivity contribution is -0.274. The number of aromatic hydroxyl groups is 1. The Labute approximate surface area is 276 Å². The fourth-order valence-electron chi connectivity index (χ4n) is 8.80. The number of rotatable bonds is 9. The number of carbonyl (C=O) groups is 1. The molecule has 15 heteroatoms. The molecular formula is C33H37F3N6O5S. The molecule has 1 aromatic carbocycles. The van der Waals surface area contributed by atoms with Crippen molar-refractivity contribution in [3.8, 4) is 22.6 Å². The number of anilines is 1. The maximum atomic E-state index is 13.1. The Morgan fingerprint density at radius 2 is 1.62 bits per heavy atom. The summed E-state index contributed by atoms with van der Waals surface area (Å²) in [6.45, 7) is 2.58. The van der Waals surface area contributed by atoms with Crippen LogP contribution in [0.4, 0.5) is 19.0 Å². The summed E-state index contributed by atoms with van der Waals surface area (Å²) in [6.07, 6.45) is 4.21. The average Bonchev–Trinajstić information content (AvgIpc) is 2.99. The lowest BCUT2D eigenvalue weighted by atomic mass is 9.50. The van der Waals surface area contributed by atoms with Gasteiger partial charge in [0.15, 0.2) is 11.5 Å². The fraction of sp³-hybridized carbons (Fsp3) is 0.515. The van der Waals surface area contributed by atoms with Crippen LogP contribution >= 0.6 is 0 Å². The van der Waals surface area contributed by atoms with Crippen molar-refractivity contribution in [2.75, 3.05) is 36.8 Å². The molecule has 11 nitrogen and oxygen atoms in total. The number of piperazine rings is 1. The molecule has 0 unspecified atom stereocenters. The monoisotopic (exact) mass is 686 g/mol. The number of ether oxygens (including phenoxy) is 1. The van der Waals surface area contributed by atoms with Gasteiger partial charge in [0, 0.05) is 44.5 Å². The van der Waals surface area contributed by atoms with Crippen molar-refractivity contribution in [3.63, 3.8) is 0 Å². The Kier molecular flexibility index (Phi) is 8.47. The van der Waals surface area contributed by atoms with Crippen molar-refractivity contribution in [1.29, 1.82) is 0 Å². The molecule has 5 aliphatic rings. The number of pyridine rings is 1. The quantitative estimate of drug-likeness (QED) is 0.325. The molecule has 4 aliphatic carbocycles. The van der Waals surface area contributed by atoms with E-state index in [2.05, 4.69) is 29.5 Å². The lowest BCUT2D eigenvalue weighted by Crippen LogP contribution is -2.51. The Hall–Kier alpha value is -3.98. The molecule has 5 fully saturated rings. The van der Waals surface area contributed by atoms with E-state index >= 15 is 0 Å². The number of hydrogen-bond acceptors (Lipinski definition) is 10. The van der Waals surface area contributed by atoms with Gasteiger partial charge < -0.3 is 14.7 Å². The molecule has 4 bridgehead atoms. The highest BCUT2D eigenvalue weighted by atomic mass is 32.2. The Morgan fingerprint density at radius 3 is 2.23 bits per heavy atom. The van der Waals surface area contributed by atoms with Crippen LogP contribution in [0, 0.1) is 23.2 Å². The molecule has 1 aliphatic heterocycles. The van der Waals surface area contributed by atoms with Crippen molar-refractivity contribution in [1.82, 2.24) is 24.8 Å². The summed E-state index contributed by atoms with van der Waals surface area (Å²) < 4.78 is 71.8. The summed E-state index contributed by atoms with van der Waals surface area (Å²) in [5.74, 6) is 1.05. The van der Waals surface area contributed by atoms with E-state index < -0.39 is 22.3 Å². The normalized spacial score (nSPS) is 25.6. The summed E-state index contributed by atoms with van der Waals surface area (Å²) in [4.78, 5) is 20.9. The molecule has 3 heterocycles. The molecule has 48 heavy (non-hydrogen) atoms. The van der Waals surface area contributed by atoms with Gasteiger partial charge in [0.25, 0.3) is 5.91 Å². The van der Waals surface area contributed by atoms with Gasteiger partial charge in [-0.05, 0) is 109 Å². The second-order valence-electron chi connectivity index (χ2n) is 14.0. The smallest absolute Gasteiger partial charge is 0.506 e. The average molecular weight is 687 g/mol. The topological polar surface area (TPSA) is 138 Å². The van der Waals surface area contributed by atoms with Crippen LogP contribution in [-0.2, 0) is 16.6 Å². The molecule has 8 rings (SSSR count). The third-order valence-electron chi connectivity index (χ3n) is 10.2. The molecule has 2 aromatic heterocycles. The number of nitrogens with zero attached hydrogens (tertiary/aromatic N) is 5. The van der Waals surface area contributed by atoms with E-state index in [0.29, 0.717) is 73.0 Å². The first-order valence-electron chi connectivity index (χ1n) is 16.2.